The first-order chi connectivity index (χ1) is 18.2. The molecule has 0 unspecified atom stereocenters. The van der Waals surface area contributed by atoms with Crippen LogP contribution in [0, 0.1) is 0 Å². The van der Waals surface area contributed by atoms with E-state index in [0.717, 1.165) is 19.3 Å². The normalized spacial score (nSPS) is 14.1. The van der Waals surface area contributed by atoms with Crippen LogP contribution in [-0.4, -0.2) is 72.7 Å². The van der Waals surface area contributed by atoms with Crippen LogP contribution in [0.5, 0.6) is 23.0 Å². The highest BCUT2D eigenvalue weighted by Crippen LogP contribution is 2.35. The minimum absolute atomic E-state index is 0.0186. The summed E-state index contributed by atoms with van der Waals surface area (Å²) < 4.78 is 54.8. The summed E-state index contributed by atoms with van der Waals surface area (Å²) in [6.45, 7) is -0.462. The molecule has 208 valence electrons. The zero-order valence-electron chi connectivity index (χ0n) is 22.2. The summed E-state index contributed by atoms with van der Waals surface area (Å²) in [7, 11) is 2.83. The molecule has 3 rings (SSSR count). The van der Waals surface area contributed by atoms with Gasteiger partial charge in [0.25, 0.3) is 0 Å². The van der Waals surface area contributed by atoms with E-state index in [1.54, 1.807) is 0 Å². The van der Waals surface area contributed by atoms with Gasteiger partial charge in [-0.05, 0) is 25.0 Å². The van der Waals surface area contributed by atoms with Gasteiger partial charge in [-0.2, -0.15) is 4.31 Å². The Morgan fingerprint density at radius 1 is 0.842 bits per heavy atom. The van der Waals surface area contributed by atoms with Crippen LogP contribution in [0.2, 0.25) is 0 Å². The van der Waals surface area contributed by atoms with E-state index in [0.29, 0.717) is 18.6 Å². The smallest absolute Gasteiger partial charge is 0.340 e. The van der Waals surface area contributed by atoms with Gasteiger partial charge in [-0.25, -0.2) is 13.2 Å². The van der Waals surface area contributed by atoms with E-state index in [9.17, 15) is 18.0 Å². The Hall–Kier alpha value is -3.51. The molecule has 0 bridgehead atoms. The van der Waals surface area contributed by atoms with Crippen LogP contribution >= 0.6 is 0 Å². The number of nitrogens with one attached hydrogen (secondary N) is 1. The van der Waals surface area contributed by atoms with Gasteiger partial charge in [-0.3, -0.25) is 4.79 Å². The summed E-state index contributed by atoms with van der Waals surface area (Å²) in [6.07, 6.45) is 3.97. The molecule has 0 aliphatic heterocycles. The molecule has 0 heterocycles. The number of anilines is 1. The standard InChI is InChI=1S/C26H34N2O9S/c1-33-21-12-11-18(13-22(21)34-2)38(31,32)28(17-9-7-6-8-10-17)16-25(29)27-20-15-24(36-4)23(35-3)14-19(20)26(30)37-5/h11-15,17H,6-10,16H2,1-5H3,(H,27,29). The molecule has 0 aromatic heterocycles. The average molecular weight is 551 g/mol. The minimum Gasteiger partial charge on any atom is -0.493 e. The largest absolute Gasteiger partial charge is 0.493 e. The second-order valence-electron chi connectivity index (χ2n) is 8.65. The van der Waals surface area contributed by atoms with Crippen molar-refractivity contribution in [2.24, 2.45) is 0 Å². The lowest BCUT2D eigenvalue weighted by molar-refractivity contribution is -0.116. The lowest BCUT2D eigenvalue weighted by Gasteiger charge is -2.33. The molecule has 0 saturated heterocycles. The Kier molecular flexibility index (Phi) is 9.81. The van der Waals surface area contributed by atoms with Crippen LogP contribution in [0.4, 0.5) is 5.69 Å². The molecule has 0 atom stereocenters. The van der Waals surface area contributed by atoms with Gasteiger partial charge in [-0.1, -0.05) is 19.3 Å². The van der Waals surface area contributed by atoms with Crippen molar-refractivity contribution in [3.8, 4) is 23.0 Å². The SMILES string of the molecule is COC(=O)c1cc(OC)c(OC)cc1NC(=O)CN(C1CCCCC1)S(=O)(=O)c1ccc(OC)c(OC)c1. The number of hydrogen-bond acceptors (Lipinski definition) is 9. The van der Waals surface area contributed by atoms with Crippen LogP contribution in [0.25, 0.3) is 0 Å². The van der Waals surface area contributed by atoms with Gasteiger partial charge in [0, 0.05) is 24.2 Å². The van der Waals surface area contributed by atoms with E-state index >= 15 is 0 Å². The van der Waals surface area contributed by atoms with E-state index in [1.165, 1.54) is 70.2 Å². The number of ether oxygens (including phenoxy) is 5. The van der Waals surface area contributed by atoms with Crippen molar-refractivity contribution >= 4 is 27.6 Å². The van der Waals surface area contributed by atoms with Crippen molar-refractivity contribution in [2.45, 2.75) is 43.0 Å². The number of rotatable bonds is 11. The fourth-order valence-electron chi connectivity index (χ4n) is 4.48. The first-order valence-electron chi connectivity index (χ1n) is 12.1. The van der Waals surface area contributed by atoms with Crippen LogP contribution in [0.15, 0.2) is 35.2 Å². The zero-order valence-corrected chi connectivity index (χ0v) is 23.1. The van der Waals surface area contributed by atoms with E-state index in [4.69, 9.17) is 23.7 Å². The molecule has 12 heteroatoms. The third kappa shape index (κ3) is 6.30. The number of methoxy groups -OCH3 is 5. The molecule has 2 aromatic carbocycles. The van der Waals surface area contributed by atoms with Crippen LogP contribution in [0.1, 0.15) is 42.5 Å². The summed E-state index contributed by atoms with van der Waals surface area (Å²) in [5.74, 6) is -0.143. The second-order valence-corrected chi connectivity index (χ2v) is 10.5. The van der Waals surface area contributed by atoms with Crippen molar-refractivity contribution in [1.82, 2.24) is 4.31 Å². The quantitative estimate of drug-likeness (QED) is 0.418. The Morgan fingerprint density at radius 2 is 1.42 bits per heavy atom. The second kappa shape index (κ2) is 12.8. The molecule has 1 aliphatic carbocycles. The molecular formula is C26H34N2O9S. The first-order valence-corrected chi connectivity index (χ1v) is 13.5. The summed E-state index contributed by atoms with van der Waals surface area (Å²) in [4.78, 5) is 25.7. The number of nitrogens with zero attached hydrogens (tertiary/aromatic N) is 1. The minimum atomic E-state index is -4.10. The molecule has 0 radical (unpaired) electrons. The van der Waals surface area contributed by atoms with Crippen molar-refractivity contribution in [3.05, 3.63) is 35.9 Å². The molecular weight excluding hydrogens is 516 g/mol. The van der Waals surface area contributed by atoms with Gasteiger partial charge >= 0.3 is 5.97 Å². The number of carbonyl (C=O) groups is 2. The maximum Gasteiger partial charge on any atom is 0.340 e. The molecule has 1 N–H and O–H groups in total. The predicted octanol–water partition coefficient (Wildman–Crippen LogP) is 3.47. The fourth-order valence-corrected chi connectivity index (χ4v) is 6.14. The molecule has 38 heavy (non-hydrogen) atoms. The van der Waals surface area contributed by atoms with E-state index in [2.05, 4.69) is 5.32 Å². The van der Waals surface area contributed by atoms with Crippen LogP contribution < -0.4 is 24.3 Å². The highest BCUT2D eigenvalue weighted by molar-refractivity contribution is 7.89. The number of carbonyl (C=O) groups excluding carboxylic acids is 2. The van der Waals surface area contributed by atoms with E-state index in [-0.39, 0.29) is 39.4 Å². The predicted molar refractivity (Wildman–Crippen MR) is 140 cm³/mol. The first kappa shape index (κ1) is 29.1. The number of esters is 1. The summed E-state index contributed by atoms with van der Waals surface area (Å²) in [6, 6.07) is 6.77. The third-order valence-electron chi connectivity index (χ3n) is 6.45. The lowest BCUT2D eigenvalue weighted by atomic mass is 9.95. The fraction of sp³-hybridized carbons (Fsp3) is 0.462. The topological polar surface area (TPSA) is 130 Å². The highest BCUT2D eigenvalue weighted by Gasteiger charge is 2.35. The van der Waals surface area contributed by atoms with Crippen molar-refractivity contribution < 1.29 is 41.7 Å². The zero-order chi connectivity index (χ0) is 27.9. The van der Waals surface area contributed by atoms with Gasteiger partial charge in [0.2, 0.25) is 15.9 Å². The molecule has 1 saturated carbocycles. The maximum absolute atomic E-state index is 13.8. The van der Waals surface area contributed by atoms with Crippen molar-refractivity contribution in [3.63, 3.8) is 0 Å². The Balaban J connectivity index is 1.97. The Bertz CT molecular complexity index is 1260. The lowest BCUT2D eigenvalue weighted by Crippen LogP contribution is -2.45. The summed E-state index contributed by atoms with van der Waals surface area (Å²) >= 11 is 0. The highest BCUT2D eigenvalue weighted by atomic mass is 32.2. The molecule has 1 fully saturated rings. The van der Waals surface area contributed by atoms with Gasteiger partial charge in [-0.15, -0.1) is 0 Å². The molecule has 0 spiro atoms. The maximum atomic E-state index is 13.8. The molecule has 11 nitrogen and oxygen atoms in total. The van der Waals surface area contributed by atoms with E-state index < -0.39 is 28.4 Å². The number of amides is 1. The number of hydrogen-bond donors (Lipinski definition) is 1. The molecule has 1 aliphatic rings. The Labute approximate surface area is 223 Å². The van der Waals surface area contributed by atoms with E-state index in [1.807, 2.05) is 0 Å². The van der Waals surface area contributed by atoms with Crippen LogP contribution in [-0.2, 0) is 19.6 Å². The van der Waals surface area contributed by atoms with Gasteiger partial charge in [0.1, 0.15) is 0 Å². The number of sulfonamides is 1. The van der Waals surface area contributed by atoms with Gasteiger partial charge in [0.05, 0.1) is 58.2 Å². The monoisotopic (exact) mass is 550 g/mol. The average Bonchev–Trinajstić information content (AvgIpc) is 2.95. The third-order valence-corrected chi connectivity index (χ3v) is 8.34. The molecule has 2 aromatic rings. The van der Waals surface area contributed by atoms with Gasteiger partial charge in [0.15, 0.2) is 23.0 Å². The summed E-state index contributed by atoms with van der Waals surface area (Å²) in [5.41, 5.74) is 0.136. The van der Waals surface area contributed by atoms with Crippen molar-refractivity contribution in [1.29, 1.82) is 0 Å². The number of benzene rings is 2. The van der Waals surface area contributed by atoms with Crippen LogP contribution in [0.3, 0.4) is 0 Å². The molecule has 1 amide bonds. The van der Waals surface area contributed by atoms with Crippen molar-refractivity contribution in [2.75, 3.05) is 47.4 Å². The Morgan fingerprint density at radius 3 is 2.00 bits per heavy atom. The van der Waals surface area contributed by atoms with Gasteiger partial charge < -0.3 is 29.0 Å². The summed E-state index contributed by atoms with van der Waals surface area (Å²) in [5, 5.41) is 2.66.